The van der Waals surface area contributed by atoms with Crippen LogP contribution in [0.1, 0.15) is 32.8 Å². The lowest BCUT2D eigenvalue weighted by atomic mass is 9.73. The quantitative estimate of drug-likeness (QED) is 0.479. The third kappa shape index (κ3) is 4.53. The van der Waals surface area contributed by atoms with E-state index in [9.17, 15) is 19.5 Å². The van der Waals surface area contributed by atoms with Crippen LogP contribution in [0, 0.1) is 17.8 Å². The van der Waals surface area contributed by atoms with Crippen LogP contribution in [0.2, 0.25) is 5.02 Å². The number of nitrogens with zero attached hydrogens (tertiary/aromatic N) is 3. The van der Waals surface area contributed by atoms with Crippen molar-refractivity contribution >= 4 is 35.0 Å². The lowest BCUT2D eigenvalue weighted by Gasteiger charge is -2.41. The number of benzene rings is 2. The Labute approximate surface area is 257 Å². The van der Waals surface area contributed by atoms with E-state index in [1.165, 1.54) is 4.90 Å². The monoisotopic (exact) mass is 603 g/mol. The number of ether oxygens (including phenoxy) is 1. The highest BCUT2D eigenvalue weighted by molar-refractivity contribution is 6.34. The van der Waals surface area contributed by atoms with Crippen molar-refractivity contribution in [1.29, 1.82) is 0 Å². The molecule has 8 nitrogen and oxygen atoms in total. The zero-order valence-electron chi connectivity index (χ0n) is 24.7. The predicted molar refractivity (Wildman–Crippen MR) is 164 cm³/mol. The van der Waals surface area contributed by atoms with Crippen LogP contribution >= 0.6 is 11.6 Å². The molecule has 1 N–H and O–H groups in total. The van der Waals surface area contributed by atoms with Gasteiger partial charge in [-0.05, 0) is 30.0 Å². The maximum atomic E-state index is 14.8. The number of para-hydroxylation sites is 1. The molecule has 0 aliphatic carbocycles. The normalized spacial score (nSPS) is 30.8. The van der Waals surface area contributed by atoms with Crippen LogP contribution in [-0.2, 0) is 25.7 Å². The minimum Gasteiger partial charge on any atom is -0.394 e. The number of amides is 3. The summed E-state index contributed by atoms with van der Waals surface area (Å²) in [4.78, 5) is 48.9. The molecule has 2 saturated heterocycles. The van der Waals surface area contributed by atoms with E-state index in [4.69, 9.17) is 16.3 Å². The zero-order valence-corrected chi connectivity index (χ0v) is 25.5. The smallest absolute Gasteiger partial charge is 0.253 e. The molecule has 9 heteroatoms. The summed E-state index contributed by atoms with van der Waals surface area (Å²) in [6.45, 7) is 6.45. The number of aliphatic hydroxyl groups is 1. The Kier molecular flexibility index (Phi) is 7.73. The van der Waals surface area contributed by atoms with Gasteiger partial charge in [0.2, 0.25) is 11.8 Å². The second-order valence-corrected chi connectivity index (χ2v) is 12.7. The topological polar surface area (TPSA) is 90.4 Å². The van der Waals surface area contributed by atoms with Gasteiger partial charge < -0.3 is 24.5 Å². The number of fused-ring (bicyclic) bond motifs is 2. The zero-order chi connectivity index (χ0) is 30.5. The van der Waals surface area contributed by atoms with Gasteiger partial charge in [-0.25, -0.2) is 0 Å². The van der Waals surface area contributed by atoms with Crippen LogP contribution in [0.4, 0.5) is 5.69 Å². The average molecular weight is 604 g/mol. The van der Waals surface area contributed by atoms with E-state index in [1.807, 2.05) is 81.5 Å². The molecule has 6 atom stereocenters. The Balaban J connectivity index is 1.50. The van der Waals surface area contributed by atoms with Gasteiger partial charge in [0, 0.05) is 19.6 Å². The number of halogens is 1. The number of carbonyl (C=O) groups excluding carboxylic acids is 3. The molecule has 0 aromatic heterocycles. The molecule has 2 aromatic rings. The Bertz CT molecular complexity index is 1480. The number of rotatable bonds is 7. The second kappa shape index (κ2) is 11.2. The van der Waals surface area contributed by atoms with E-state index in [0.717, 1.165) is 5.56 Å². The molecule has 1 spiro atoms. The first kappa shape index (κ1) is 29.6. The van der Waals surface area contributed by atoms with E-state index in [2.05, 4.69) is 0 Å². The highest BCUT2D eigenvalue weighted by Gasteiger charge is 2.76. The number of carbonyl (C=O) groups is 3. The van der Waals surface area contributed by atoms with Gasteiger partial charge in [0.05, 0.1) is 40.8 Å². The van der Waals surface area contributed by atoms with E-state index < -0.39 is 35.1 Å². The summed E-state index contributed by atoms with van der Waals surface area (Å²) < 4.78 is 7.06. The summed E-state index contributed by atoms with van der Waals surface area (Å²) in [5, 5.41) is 11.0. The van der Waals surface area contributed by atoms with E-state index in [1.54, 1.807) is 28.0 Å². The molecule has 4 aliphatic heterocycles. The van der Waals surface area contributed by atoms with Gasteiger partial charge in [0.25, 0.3) is 5.91 Å². The third-order valence-electron chi connectivity index (χ3n) is 9.63. The van der Waals surface area contributed by atoms with Crippen molar-refractivity contribution in [3.05, 3.63) is 89.5 Å². The molecule has 6 rings (SSSR count). The molecule has 4 aliphatic rings. The van der Waals surface area contributed by atoms with Gasteiger partial charge in [0.15, 0.2) is 0 Å². The first-order valence-electron chi connectivity index (χ1n) is 15.1. The Hall–Kier alpha value is -3.46. The van der Waals surface area contributed by atoms with Gasteiger partial charge in [-0.15, -0.1) is 0 Å². The number of hydrogen-bond acceptors (Lipinski definition) is 5. The highest BCUT2D eigenvalue weighted by Crippen LogP contribution is 2.59. The van der Waals surface area contributed by atoms with Gasteiger partial charge in [-0.2, -0.15) is 0 Å². The summed E-state index contributed by atoms with van der Waals surface area (Å²) in [5.41, 5.74) is -0.981. The van der Waals surface area contributed by atoms with Crippen molar-refractivity contribution in [2.45, 2.75) is 57.0 Å². The van der Waals surface area contributed by atoms with Crippen molar-refractivity contribution in [2.24, 2.45) is 17.8 Å². The van der Waals surface area contributed by atoms with Gasteiger partial charge in [-0.1, -0.05) is 99.1 Å². The van der Waals surface area contributed by atoms with Crippen LogP contribution in [0.15, 0.2) is 78.9 Å². The minimum atomic E-state index is -1.41. The molecule has 2 fully saturated rings. The number of aliphatic hydroxyl groups excluding tert-OH is 1. The molecular formula is C34H38ClN3O5. The molecule has 43 heavy (non-hydrogen) atoms. The van der Waals surface area contributed by atoms with Crippen molar-refractivity contribution in [3.63, 3.8) is 0 Å². The predicted octanol–water partition coefficient (Wildman–Crippen LogP) is 4.22. The first-order chi connectivity index (χ1) is 20.7. The maximum Gasteiger partial charge on any atom is 0.253 e. The van der Waals surface area contributed by atoms with E-state index in [-0.39, 0.29) is 36.8 Å². The summed E-state index contributed by atoms with van der Waals surface area (Å²) >= 11 is 6.57. The van der Waals surface area contributed by atoms with Crippen molar-refractivity contribution in [3.8, 4) is 0 Å². The number of hydrogen-bond donors (Lipinski definition) is 1. The molecule has 0 saturated carbocycles. The largest absolute Gasteiger partial charge is 0.394 e. The summed E-state index contributed by atoms with van der Waals surface area (Å²) in [7, 11) is 0. The molecule has 1 unspecified atom stereocenters. The highest BCUT2D eigenvalue weighted by atomic mass is 35.5. The van der Waals surface area contributed by atoms with Crippen molar-refractivity contribution in [2.75, 3.05) is 24.6 Å². The average Bonchev–Trinajstić information content (AvgIpc) is 3.29. The number of anilines is 1. The Morgan fingerprint density at radius 1 is 0.930 bits per heavy atom. The summed E-state index contributed by atoms with van der Waals surface area (Å²) in [5.74, 6) is -2.84. The lowest BCUT2D eigenvalue weighted by molar-refractivity contribution is -0.153. The fourth-order valence-electron chi connectivity index (χ4n) is 7.56. The molecule has 3 amide bonds. The van der Waals surface area contributed by atoms with E-state index in [0.29, 0.717) is 30.2 Å². The van der Waals surface area contributed by atoms with Crippen molar-refractivity contribution < 1.29 is 24.2 Å². The molecule has 4 heterocycles. The van der Waals surface area contributed by atoms with Gasteiger partial charge in [0.1, 0.15) is 11.6 Å². The summed E-state index contributed by atoms with van der Waals surface area (Å²) in [6.07, 6.45) is 8.00. The Morgan fingerprint density at radius 3 is 2.30 bits per heavy atom. The van der Waals surface area contributed by atoms with Crippen LogP contribution in [-0.4, -0.2) is 75.6 Å². The maximum absolute atomic E-state index is 14.8. The molecule has 0 bridgehead atoms. The molecule has 0 radical (unpaired) electrons. The molecular weight excluding hydrogens is 566 g/mol. The standard InChI is InChI=1S/C34H38ClN3O5/c1-4-33-16-10-18-36(20-23-12-6-5-7-13-23)30(40)27(33)28-31(41)38(26(21-39)22(2)3)29-32(42)37(19-11-17-34(28,29)43-33)25-15-9-8-14-24(25)35/h5-17,22,26-29,39H,4,18-21H2,1-3H3/t26-,27+,28-,29?,33-,34-/m0/s1. The lowest BCUT2D eigenvalue weighted by Crippen LogP contribution is -2.60. The third-order valence-corrected chi connectivity index (χ3v) is 9.95. The minimum absolute atomic E-state index is 0.158. The van der Waals surface area contributed by atoms with Gasteiger partial charge in [-0.3, -0.25) is 14.4 Å². The molecule has 226 valence electrons. The van der Waals surface area contributed by atoms with E-state index >= 15 is 0 Å². The van der Waals surface area contributed by atoms with Crippen LogP contribution in [0.25, 0.3) is 0 Å². The van der Waals surface area contributed by atoms with Crippen LogP contribution < -0.4 is 4.90 Å². The first-order valence-corrected chi connectivity index (χ1v) is 15.4. The fourth-order valence-corrected chi connectivity index (χ4v) is 7.80. The second-order valence-electron chi connectivity index (χ2n) is 12.3. The number of likely N-dealkylation sites (tertiary alicyclic amines) is 1. The van der Waals surface area contributed by atoms with Crippen LogP contribution in [0.5, 0.6) is 0 Å². The van der Waals surface area contributed by atoms with Gasteiger partial charge >= 0.3 is 0 Å². The summed E-state index contributed by atoms with van der Waals surface area (Å²) in [6, 6.07) is 15.1. The molecule has 2 aromatic carbocycles. The fraction of sp³-hybridized carbons (Fsp3) is 0.441. The Morgan fingerprint density at radius 2 is 1.63 bits per heavy atom. The van der Waals surface area contributed by atoms with Crippen LogP contribution in [0.3, 0.4) is 0 Å². The van der Waals surface area contributed by atoms with Crippen molar-refractivity contribution in [1.82, 2.24) is 9.80 Å². The SMILES string of the molecule is CC[C@]12C=CCN(Cc3ccccc3)C(=O)[C@H]1[C@H]1C(=O)N([C@@H](CO)C(C)C)C3C(=O)N(c4ccccc4Cl)CC=C[C@@]31O2.